The minimum Gasteiger partial charge on any atom is -0.170 e. The minimum atomic E-state index is -4.17. The van der Waals surface area contributed by atoms with Gasteiger partial charge in [-0.25, -0.2) is 0 Å². The third-order valence-electron chi connectivity index (χ3n) is 3.20. The van der Waals surface area contributed by atoms with Crippen molar-refractivity contribution in [3.05, 3.63) is 0 Å². The average molecular weight is 201 g/mol. The van der Waals surface area contributed by atoms with Gasteiger partial charge in [0.1, 0.15) is 0 Å². The zero-order chi connectivity index (χ0) is 9.78. The Labute approximate surface area is 75.1 Å². The van der Waals surface area contributed by atoms with Crippen molar-refractivity contribution in [2.75, 3.05) is 0 Å². The Kier molecular flexibility index (Phi) is 1.96. The molecule has 0 saturated heterocycles. The van der Waals surface area contributed by atoms with E-state index < -0.39 is 22.4 Å². The van der Waals surface area contributed by atoms with Crippen molar-refractivity contribution in [1.29, 1.82) is 0 Å². The zero-order valence-electron chi connectivity index (χ0n) is 7.30. The van der Waals surface area contributed by atoms with E-state index in [1.807, 2.05) is 0 Å². The number of hydrogen-bond donors (Lipinski definition) is 0. The second kappa shape index (κ2) is 2.31. The maximum Gasteiger partial charge on any atom is 0.396 e. The van der Waals surface area contributed by atoms with Gasteiger partial charge in [-0.05, 0) is 11.8 Å². The Bertz CT molecular complexity index is 185. The van der Waals surface area contributed by atoms with E-state index in [4.69, 9.17) is 11.6 Å². The second-order valence-corrected chi connectivity index (χ2v) is 4.34. The Hall–Kier alpha value is 0.0800. The van der Waals surface area contributed by atoms with E-state index in [0.29, 0.717) is 0 Å². The molecule has 72 valence electrons. The largest absolute Gasteiger partial charge is 0.396 e. The molecule has 1 saturated carbocycles. The fourth-order valence-corrected chi connectivity index (χ4v) is 2.82. The van der Waals surface area contributed by atoms with Gasteiger partial charge in [0.05, 0.1) is 10.8 Å². The fraction of sp³-hybridized carbons (Fsp3) is 1.00. The molecule has 0 nitrogen and oxygen atoms in total. The summed E-state index contributed by atoms with van der Waals surface area (Å²) < 4.78 is 37.7. The molecule has 0 aromatic rings. The summed E-state index contributed by atoms with van der Waals surface area (Å²) in [7, 11) is 0. The quantitative estimate of drug-likeness (QED) is 0.568. The Balaban J connectivity index is 2.99. The van der Waals surface area contributed by atoms with Crippen molar-refractivity contribution >= 4 is 11.6 Å². The molecule has 2 atom stereocenters. The first kappa shape index (κ1) is 10.2. The third kappa shape index (κ3) is 0.860. The highest BCUT2D eigenvalue weighted by Gasteiger charge is 2.81. The molecule has 12 heavy (non-hydrogen) atoms. The summed E-state index contributed by atoms with van der Waals surface area (Å²) in [6, 6.07) is 0. The molecule has 1 aliphatic carbocycles. The molecule has 0 spiro atoms. The maximum atomic E-state index is 12.6. The van der Waals surface area contributed by atoms with Gasteiger partial charge in [-0.15, -0.1) is 11.6 Å². The summed E-state index contributed by atoms with van der Waals surface area (Å²) in [6.07, 6.45) is -4.10. The van der Waals surface area contributed by atoms with Gasteiger partial charge in [-0.3, -0.25) is 0 Å². The Morgan fingerprint density at radius 1 is 1.33 bits per heavy atom. The van der Waals surface area contributed by atoms with Crippen molar-refractivity contribution in [1.82, 2.24) is 0 Å². The van der Waals surface area contributed by atoms with E-state index in [1.54, 1.807) is 13.8 Å². The van der Waals surface area contributed by atoms with Crippen molar-refractivity contribution in [3.63, 3.8) is 0 Å². The van der Waals surface area contributed by atoms with Crippen LogP contribution in [0, 0.1) is 10.8 Å². The van der Waals surface area contributed by atoms with Gasteiger partial charge < -0.3 is 0 Å². The van der Waals surface area contributed by atoms with Gasteiger partial charge in [-0.1, -0.05) is 20.8 Å². The number of hydrogen-bond acceptors (Lipinski definition) is 0. The lowest BCUT2D eigenvalue weighted by molar-refractivity contribution is -0.197. The van der Waals surface area contributed by atoms with Crippen LogP contribution in [-0.4, -0.2) is 11.6 Å². The normalized spacial score (nSPS) is 39.8. The number of rotatable bonds is 1. The lowest BCUT2D eigenvalue weighted by Gasteiger charge is -2.21. The third-order valence-corrected chi connectivity index (χ3v) is 4.11. The first-order valence-corrected chi connectivity index (χ1v) is 4.36. The van der Waals surface area contributed by atoms with Gasteiger partial charge in [0.25, 0.3) is 0 Å². The molecule has 0 aromatic carbocycles. The van der Waals surface area contributed by atoms with Crippen LogP contribution in [0.5, 0.6) is 0 Å². The highest BCUT2D eigenvalue weighted by atomic mass is 35.5. The molecule has 1 fully saturated rings. The Morgan fingerprint density at radius 2 is 1.67 bits per heavy atom. The topological polar surface area (TPSA) is 0 Å². The monoisotopic (exact) mass is 200 g/mol. The molecule has 0 heterocycles. The van der Waals surface area contributed by atoms with Gasteiger partial charge in [0.2, 0.25) is 0 Å². The van der Waals surface area contributed by atoms with Crippen molar-refractivity contribution in [2.45, 2.75) is 38.7 Å². The van der Waals surface area contributed by atoms with E-state index in [9.17, 15) is 13.2 Å². The molecule has 1 aliphatic rings. The smallest absolute Gasteiger partial charge is 0.170 e. The Morgan fingerprint density at radius 3 is 1.67 bits per heavy atom. The number of halogens is 4. The second-order valence-electron chi connectivity index (χ2n) is 3.91. The number of alkyl halides is 4. The van der Waals surface area contributed by atoms with Crippen LogP contribution in [0.2, 0.25) is 0 Å². The molecule has 4 heteroatoms. The maximum absolute atomic E-state index is 12.6. The molecule has 0 amide bonds. The summed E-state index contributed by atoms with van der Waals surface area (Å²) in [5, 5.41) is -0.769. The SMILES string of the molecule is CCC1(C(F)(F)F)C(Cl)C1(C)C. The summed E-state index contributed by atoms with van der Waals surface area (Å²) in [4.78, 5) is 0. The predicted octanol–water partition coefficient (Wildman–Crippen LogP) is 3.59. The van der Waals surface area contributed by atoms with E-state index in [1.165, 1.54) is 6.92 Å². The van der Waals surface area contributed by atoms with Crippen LogP contribution in [0.25, 0.3) is 0 Å². The van der Waals surface area contributed by atoms with E-state index >= 15 is 0 Å². The molecular formula is C8H12ClF3. The lowest BCUT2D eigenvalue weighted by Crippen LogP contribution is -2.29. The summed E-state index contributed by atoms with van der Waals surface area (Å²) in [5.74, 6) is 0. The lowest BCUT2D eigenvalue weighted by atomic mass is 9.92. The summed E-state index contributed by atoms with van der Waals surface area (Å²) >= 11 is 5.67. The van der Waals surface area contributed by atoms with E-state index in [2.05, 4.69) is 0 Å². The van der Waals surface area contributed by atoms with Crippen molar-refractivity contribution < 1.29 is 13.2 Å². The van der Waals surface area contributed by atoms with Crippen molar-refractivity contribution in [2.24, 2.45) is 10.8 Å². The van der Waals surface area contributed by atoms with Crippen LogP contribution in [0.4, 0.5) is 13.2 Å². The summed E-state index contributed by atoms with van der Waals surface area (Å²) in [6.45, 7) is 4.68. The summed E-state index contributed by atoms with van der Waals surface area (Å²) in [5.41, 5.74) is -2.46. The zero-order valence-corrected chi connectivity index (χ0v) is 8.05. The van der Waals surface area contributed by atoms with Crippen LogP contribution >= 0.6 is 11.6 Å². The molecule has 0 bridgehead atoms. The van der Waals surface area contributed by atoms with Gasteiger partial charge in [0.15, 0.2) is 0 Å². The molecule has 0 aliphatic heterocycles. The van der Waals surface area contributed by atoms with Crippen LogP contribution in [0.1, 0.15) is 27.2 Å². The van der Waals surface area contributed by atoms with Crippen LogP contribution in [0.15, 0.2) is 0 Å². The van der Waals surface area contributed by atoms with Gasteiger partial charge in [-0.2, -0.15) is 13.2 Å². The first-order chi connectivity index (χ1) is 5.22. The first-order valence-electron chi connectivity index (χ1n) is 3.92. The predicted molar refractivity (Wildman–Crippen MR) is 42.2 cm³/mol. The van der Waals surface area contributed by atoms with Crippen LogP contribution < -0.4 is 0 Å². The molecule has 0 aromatic heterocycles. The van der Waals surface area contributed by atoms with Gasteiger partial charge >= 0.3 is 6.18 Å². The highest BCUT2D eigenvalue weighted by molar-refractivity contribution is 6.24. The molecule has 0 N–H and O–H groups in total. The molecule has 2 unspecified atom stereocenters. The highest BCUT2D eigenvalue weighted by Crippen LogP contribution is 2.74. The van der Waals surface area contributed by atoms with Crippen LogP contribution in [0.3, 0.4) is 0 Å². The molecule has 0 radical (unpaired) electrons. The van der Waals surface area contributed by atoms with Gasteiger partial charge in [0, 0.05) is 0 Å². The van der Waals surface area contributed by atoms with Crippen molar-refractivity contribution in [3.8, 4) is 0 Å². The molecule has 1 rings (SSSR count). The van der Waals surface area contributed by atoms with E-state index in [0.717, 1.165) is 0 Å². The van der Waals surface area contributed by atoms with E-state index in [-0.39, 0.29) is 6.42 Å². The average Bonchev–Trinajstić information content (AvgIpc) is 2.28. The van der Waals surface area contributed by atoms with Crippen LogP contribution in [-0.2, 0) is 0 Å². The fourth-order valence-electron chi connectivity index (χ4n) is 2.13. The minimum absolute atomic E-state index is 0.0671. The standard InChI is InChI=1S/C8H12ClF3/c1-4-7(8(10,11)12)5(9)6(7,2)3/h5H,4H2,1-3H3. The molecular weight excluding hydrogens is 189 g/mol.